The Kier molecular flexibility index (Phi) is 2.48. The molecule has 1 aromatic carbocycles. The second-order valence-corrected chi connectivity index (χ2v) is 7.21. The van der Waals surface area contributed by atoms with Gasteiger partial charge in [-0.2, -0.15) is 0 Å². The van der Waals surface area contributed by atoms with E-state index in [1.54, 1.807) is 0 Å². The molecule has 2 nitrogen and oxygen atoms in total. The van der Waals surface area contributed by atoms with E-state index in [4.69, 9.17) is 0 Å². The van der Waals surface area contributed by atoms with Crippen LogP contribution in [0.3, 0.4) is 0 Å². The lowest BCUT2D eigenvalue weighted by atomic mass is 9.53. The zero-order valence-corrected chi connectivity index (χ0v) is 12.1. The first-order valence-electron chi connectivity index (χ1n) is 7.90. The minimum Gasteiger partial charge on any atom is -0.385 e. The molecular weight excluding hydrogens is 248 g/mol. The van der Waals surface area contributed by atoms with E-state index in [0.29, 0.717) is 11.7 Å². The fraction of sp³-hybridized carbons (Fsp3) is 0.611. The van der Waals surface area contributed by atoms with Crippen molar-refractivity contribution >= 4 is 5.78 Å². The molecule has 0 unspecified atom stereocenters. The third-order valence-corrected chi connectivity index (χ3v) is 6.47. The van der Waals surface area contributed by atoms with Crippen LogP contribution in [-0.4, -0.2) is 10.9 Å². The number of rotatable bonds is 0. The Morgan fingerprint density at radius 2 is 1.85 bits per heavy atom. The van der Waals surface area contributed by atoms with Crippen molar-refractivity contribution in [3.8, 4) is 0 Å². The van der Waals surface area contributed by atoms with Gasteiger partial charge in [-0.3, -0.25) is 4.79 Å². The SMILES string of the molecule is C[C@]12CC[C@]3(O)c4ccccc4CC[C@@H]3[C@@H]1CCC2=O. The van der Waals surface area contributed by atoms with E-state index in [2.05, 4.69) is 25.1 Å². The molecule has 2 fully saturated rings. The molecule has 4 atom stereocenters. The van der Waals surface area contributed by atoms with Gasteiger partial charge in [0.25, 0.3) is 0 Å². The smallest absolute Gasteiger partial charge is 0.139 e. The van der Waals surface area contributed by atoms with E-state index in [1.807, 2.05) is 6.07 Å². The van der Waals surface area contributed by atoms with Crippen LogP contribution >= 0.6 is 0 Å². The molecule has 4 rings (SSSR count). The van der Waals surface area contributed by atoms with Crippen molar-refractivity contribution < 1.29 is 9.90 Å². The fourth-order valence-corrected chi connectivity index (χ4v) is 5.28. The predicted octanol–water partition coefficient (Wildman–Crippen LogP) is 3.22. The van der Waals surface area contributed by atoms with E-state index in [0.717, 1.165) is 44.1 Å². The molecule has 0 spiro atoms. The zero-order chi connectivity index (χ0) is 14.0. The maximum Gasteiger partial charge on any atom is 0.139 e. The Balaban J connectivity index is 1.81. The predicted molar refractivity (Wildman–Crippen MR) is 77.2 cm³/mol. The van der Waals surface area contributed by atoms with E-state index in [-0.39, 0.29) is 11.3 Å². The van der Waals surface area contributed by atoms with Gasteiger partial charge in [-0.1, -0.05) is 31.2 Å². The van der Waals surface area contributed by atoms with Crippen molar-refractivity contribution in [1.29, 1.82) is 0 Å². The lowest BCUT2D eigenvalue weighted by Crippen LogP contribution is -2.52. The van der Waals surface area contributed by atoms with Gasteiger partial charge in [0, 0.05) is 11.8 Å². The Labute approximate surface area is 120 Å². The summed E-state index contributed by atoms with van der Waals surface area (Å²) in [6.45, 7) is 2.15. The van der Waals surface area contributed by atoms with Crippen molar-refractivity contribution in [2.75, 3.05) is 0 Å². The summed E-state index contributed by atoms with van der Waals surface area (Å²) in [5, 5.41) is 11.4. The van der Waals surface area contributed by atoms with Gasteiger partial charge in [0.15, 0.2) is 0 Å². The van der Waals surface area contributed by atoms with Gasteiger partial charge in [-0.25, -0.2) is 0 Å². The summed E-state index contributed by atoms with van der Waals surface area (Å²) in [6, 6.07) is 8.35. The summed E-state index contributed by atoms with van der Waals surface area (Å²) in [6.07, 6.45) is 5.36. The van der Waals surface area contributed by atoms with Gasteiger partial charge in [0.1, 0.15) is 5.78 Å². The van der Waals surface area contributed by atoms with Crippen LogP contribution in [0.1, 0.15) is 50.2 Å². The van der Waals surface area contributed by atoms with Gasteiger partial charge >= 0.3 is 0 Å². The maximum absolute atomic E-state index is 12.3. The van der Waals surface area contributed by atoms with Crippen LogP contribution in [0.4, 0.5) is 0 Å². The molecule has 0 heterocycles. The van der Waals surface area contributed by atoms with Crippen LogP contribution in [0, 0.1) is 17.3 Å². The molecule has 2 saturated carbocycles. The topological polar surface area (TPSA) is 37.3 Å². The lowest BCUT2D eigenvalue weighted by molar-refractivity contribution is -0.146. The molecule has 3 aliphatic carbocycles. The van der Waals surface area contributed by atoms with Crippen LogP contribution in [-0.2, 0) is 16.8 Å². The Morgan fingerprint density at radius 1 is 1.10 bits per heavy atom. The van der Waals surface area contributed by atoms with Crippen LogP contribution in [0.2, 0.25) is 0 Å². The number of hydrogen-bond donors (Lipinski definition) is 1. The Hall–Kier alpha value is -1.15. The van der Waals surface area contributed by atoms with Crippen molar-refractivity contribution in [2.24, 2.45) is 17.3 Å². The molecule has 2 heteroatoms. The second kappa shape index (κ2) is 3.94. The number of aryl methyl sites for hydroxylation is 1. The molecule has 0 bridgehead atoms. The van der Waals surface area contributed by atoms with Crippen LogP contribution in [0.5, 0.6) is 0 Å². The third-order valence-electron chi connectivity index (χ3n) is 6.47. The highest BCUT2D eigenvalue weighted by molar-refractivity contribution is 5.87. The van der Waals surface area contributed by atoms with Crippen molar-refractivity contribution in [2.45, 2.75) is 51.0 Å². The molecule has 0 amide bonds. The molecular formula is C18H22O2. The summed E-state index contributed by atoms with van der Waals surface area (Å²) in [4.78, 5) is 12.3. The Bertz CT molecular complexity index is 579. The number of ketones is 1. The van der Waals surface area contributed by atoms with Gasteiger partial charge in [-0.15, -0.1) is 0 Å². The average Bonchev–Trinajstić information content (AvgIpc) is 2.75. The fourth-order valence-electron chi connectivity index (χ4n) is 5.28. The van der Waals surface area contributed by atoms with Gasteiger partial charge < -0.3 is 5.11 Å². The van der Waals surface area contributed by atoms with E-state index in [9.17, 15) is 9.90 Å². The summed E-state index contributed by atoms with van der Waals surface area (Å²) in [7, 11) is 0. The van der Waals surface area contributed by atoms with Crippen LogP contribution in [0.15, 0.2) is 24.3 Å². The first-order valence-corrected chi connectivity index (χ1v) is 7.90. The summed E-state index contributed by atoms with van der Waals surface area (Å²) in [5.74, 6) is 1.08. The summed E-state index contributed by atoms with van der Waals surface area (Å²) >= 11 is 0. The lowest BCUT2D eigenvalue weighted by Gasteiger charge is -2.53. The normalized spacial score (nSPS) is 42.8. The quantitative estimate of drug-likeness (QED) is 0.786. The van der Waals surface area contributed by atoms with Crippen molar-refractivity contribution in [3.05, 3.63) is 35.4 Å². The largest absolute Gasteiger partial charge is 0.385 e. The number of hydrogen-bond acceptors (Lipinski definition) is 2. The van der Waals surface area contributed by atoms with Gasteiger partial charge in [0.05, 0.1) is 5.60 Å². The highest BCUT2D eigenvalue weighted by atomic mass is 16.3. The van der Waals surface area contributed by atoms with Crippen molar-refractivity contribution in [1.82, 2.24) is 0 Å². The standard InChI is InChI=1S/C18H22O2/c1-17-10-11-18(20)13-5-3-2-4-12(13)6-7-15(18)14(17)8-9-16(17)19/h2-5,14-15,20H,6-11H2,1H3/t14-,15+,17-,18-/m0/s1. The van der Waals surface area contributed by atoms with E-state index in [1.165, 1.54) is 5.56 Å². The molecule has 0 saturated heterocycles. The van der Waals surface area contributed by atoms with E-state index >= 15 is 0 Å². The summed E-state index contributed by atoms with van der Waals surface area (Å²) in [5.41, 5.74) is 1.59. The minimum atomic E-state index is -0.691. The molecule has 0 radical (unpaired) electrons. The van der Waals surface area contributed by atoms with Gasteiger partial charge in [-0.05, 0) is 55.1 Å². The second-order valence-electron chi connectivity index (χ2n) is 7.21. The summed E-state index contributed by atoms with van der Waals surface area (Å²) < 4.78 is 0. The average molecular weight is 270 g/mol. The zero-order valence-electron chi connectivity index (χ0n) is 12.1. The first-order chi connectivity index (χ1) is 9.56. The molecule has 106 valence electrons. The van der Waals surface area contributed by atoms with Crippen LogP contribution < -0.4 is 0 Å². The molecule has 0 aliphatic heterocycles. The first kappa shape index (κ1) is 12.6. The molecule has 1 aromatic rings. The van der Waals surface area contributed by atoms with Gasteiger partial charge in [0.2, 0.25) is 0 Å². The number of carbonyl (C=O) groups excluding carboxylic acids is 1. The molecule has 20 heavy (non-hydrogen) atoms. The molecule has 0 aromatic heterocycles. The number of fused-ring (bicyclic) bond motifs is 5. The number of aliphatic hydroxyl groups is 1. The number of carbonyl (C=O) groups is 1. The molecule has 1 N–H and O–H groups in total. The van der Waals surface area contributed by atoms with Crippen LogP contribution in [0.25, 0.3) is 0 Å². The monoisotopic (exact) mass is 270 g/mol. The maximum atomic E-state index is 12.3. The minimum absolute atomic E-state index is 0.164. The highest BCUT2D eigenvalue weighted by Crippen LogP contribution is 2.61. The van der Waals surface area contributed by atoms with E-state index < -0.39 is 5.60 Å². The number of Topliss-reactive ketones (excluding diaryl/α,β-unsaturated/α-hetero) is 1. The highest BCUT2D eigenvalue weighted by Gasteiger charge is 2.59. The molecule has 3 aliphatic rings. The van der Waals surface area contributed by atoms with Crippen molar-refractivity contribution in [3.63, 3.8) is 0 Å². The third kappa shape index (κ3) is 1.41. The number of benzene rings is 1. The Morgan fingerprint density at radius 3 is 2.70 bits per heavy atom.